The molecule has 1 spiro atoms. The number of carbonyl (C=O) groups excluding carboxylic acids is 2. The molecule has 0 atom stereocenters. The Bertz CT molecular complexity index is 447. The number of rotatable bonds is 1. The number of nitrogens with one attached hydrogen (secondary N) is 1. The van der Waals surface area contributed by atoms with E-state index in [1.54, 1.807) is 0 Å². The van der Waals surface area contributed by atoms with Gasteiger partial charge in [-0.3, -0.25) is 9.59 Å². The molecule has 2 amide bonds. The van der Waals surface area contributed by atoms with Crippen molar-refractivity contribution in [3.05, 3.63) is 0 Å². The van der Waals surface area contributed by atoms with E-state index in [9.17, 15) is 9.59 Å². The van der Waals surface area contributed by atoms with Crippen LogP contribution in [-0.2, 0) is 9.59 Å². The van der Waals surface area contributed by atoms with Crippen molar-refractivity contribution in [2.75, 3.05) is 6.54 Å². The average molecular weight is 278 g/mol. The van der Waals surface area contributed by atoms with Gasteiger partial charge in [-0.2, -0.15) is 0 Å². The fourth-order valence-electron chi connectivity index (χ4n) is 4.49. The molecule has 3 aliphatic rings. The number of carbonyl (C=O) groups is 2. The second-order valence-corrected chi connectivity index (χ2v) is 7.93. The molecule has 1 N–H and O–H groups in total. The van der Waals surface area contributed by atoms with Crippen LogP contribution in [0.5, 0.6) is 0 Å². The van der Waals surface area contributed by atoms with E-state index in [1.165, 1.54) is 0 Å². The van der Waals surface area contributed by atoms with Crippen LogP contribution in [0.3, 0.4) is 0 Å². The highest BCUT2D eigenvalue weighted by Gasteiger charge is 2.69. The van der Waals surface area contributed by atoms with Crippen molar-refractivity contribution in [3.8, 4) is 0 Å². The molecule has 0 aromatic rings. The van der Waals surface area contributed by atoms with Gasteiger partial charge in [-0.25, -0.2) is 0 Å². The van der Waals surface area contributed by atoms with E-state index in [4.69, 9.17) is 0 Å². The molecule has 0 unspecified atom stereocenters. The minimum Gasteiger partial charge on any atom is -0.342 e. The van der Waals surface area contributed by atoms with Gasteiger partial charge in [0.05, 0.1) is 0 Å². The summed E-state index contributed by atoms with van der Waals surface area (Å²) in [6.45, 7) is 9.49. The summed E-state index contributed by atoms with van der Waals surface area (Å²) in [6, 6.07) is 0.257. The number of nitrogens with zero attached hydrogens (tertiary/aromatic N) is 1. The smallest absolute Gasteiger partial charge is 0.248 e. The van der Waals surface area contributed by atoms with Crippen LogP contribution in [0, 0.1) is 10.8 Å². The Morgan fingerprint density at radius 2 is 1.60 bits per heavy atom. The predicted molar refractivity (Wildman–Crippen MR) is 77.0 cm³/mol. The number of hydrogen-bond donors (Lipinski definition) is 1. The van der Waals surface area contributed by atoms with Crippen LogP contribution in [0.25, 0.3) is 0 Å². The summed E-state index contributed by atoms with van der Waals surface area (Å²) in [5, 5.41) is 3.04. The number of amides is 2. The van der Waals surface area contributed by atoms with Crippen LogP contribution in [0.4, 0.5) is 0 Å². The summed E-state index contributed by atoms with van der Waals surface area (Å²) >= 11 is 0. The maximum Gasteiger partial charge on any atom is 0.248 e. The second kappa shape index (κ2) is 3.99. The van der Waals surface area contributed by atoms with E-state index >= 15 is 0 Å². The first-order chi connectivity index (χ1) is 9.22. The molecule has 0 aromatic heterocycles. The molecule has 112 valence electrons. The Kier molecular flexibility index (Phi) is 2.77. The molecule has 3 rings (SSSR count). The van der Waals surface area contributed by atoms with Crippen molar-refractivity contribution in [2.24, 2.45) is 10.8 Å². The molecule has 1 saturated heterocycles. The van der Waals surface area contributed by atoms with E-state index in [1.807, 2.05) is 4.90 Å². The zero-order chi connectivity index (χ0) is 14.8. The molecule has 2 saturated carbocycles. The van der Waals surface area contributed by atoms with Crippen molar-refractivity contribution in [3.63, 3.8) is 0 Å². The van der Waals surface area contributed by atoms with Gasteiger partial charge in [0.25, 0.3) is 0 Å². The van der Waals surface area contributed by atoms with Gasteiger partial charge in [0.15, 0.2) is 0 Å². The summed E-state index contributed by atoms with van der Waals surface area (Å²) in [7, 11) is 0. The Morgan fingerprint density at radius 1 is 1.05 bits per heavy atom. The van der Waals surface area contributed by atoms with Gasteiger partial charge in [-0.15, -0.1) is 0 Å². The summed E-state index contributed by atoms with van der Waals surface area (Å²) in [4.78, 5) is 27.1. The molecule has 1 heterocycles. The van der Waals surface area contributed by atoms with Gasteiger partial charge in [0, 0.05) is 19.0 Å². The highest BCUT2D eigenvalue weighted by Crippen LogP contribution is 2.65. The predicted octanol–water partition coefficient (Wildman–Crippen LogP) is 2.08. The monoisotopic (exact) mass is 278 g/mol. The molecule has 0 bridgehead atoms. The lowest BCUT2D eigenvalue weighted by Crippen LogP contribution is -2.56. The molecule has 20 heavy (non-hydrogen) atoms. The van der Waals surface area contributed by atoms with E-state index in [0.717, 1.165) is 25.7 Å². The van der Waals surface area contributed by atoms with E-state index in [2.05, 4.69) is 33.0 Å². The highest BCUT2D eigenvalue weighted by molar-refractivity contribution is 5.94. The molecule has 3 fully saturated rings. The van der Waals surface area contributed by atoms with Crippen molar-refractivity contribution >= 4 is 11.8 Å². The van der Waals surface area contributed by atoms with E-state index in [-0.39, 0.29) is 28.7 Å². The third-order valence-electron chi connectivity index (χ3n) is 6.34. The van der Waals surface area contributed by atoms with Crippen molar-refractivity contribution in [2.45, 2.75) is 71.4 Å². The van der Waals surface area contributed by atoms with Crippen LogP contribution < -0.4 is 5.32 Å². The lowest BCUT2D eigenvalue weighted by Gasteiger charge is -2.33. The molecule has 1 aliphatic heterocycles. The van der Waals surface area contributed by atoms with Gasteiger partial charge in [0.2, 0.25) is 11.8 Å². The van der Waals surface area contributed by atoms with Crippen LogP contribution in [0.2, 0.25) is 0 Å². The lowest BCUT2D eigenvalue weighted by molar-refractivity contribution is -0.139. The highest BCUT2D eigenvalue weighted by atomic mass is 16.2. The van der Waals surface area contributed by atoms with E-state index in [0.29, 0.717) is 13.0 Å². The fourth-order valence-corrected chi connectivity index (χ4v) is 4.49. The standard InChI is InChI=1S/C16H26N2O2/c1-14(2)12(15(14,3)4)18-10-7-11(19)17-16(13(18)20)8-5-6-9-16/h12H,5-10H2,1-4H3,(H,17,19). The molecular weight excluding hydrogens is 252 g/mol. The zero-order valence-electron chi connectivity index (χ0n) is 13.1. The van der Waals surface area contributed by atoms with Crippen LogP contribution in [-0.4, -0.2) is 34.8 Å². The SMILES string of the molecule is CC1(C)C(N2CCC(=O)NC3(CCCC3)C2=O)C1(C)C. The molecular formula is C16H26N2O2. The number of hydrogen-bond acceptors (Lipinski definition) is 2. The van der Waals surface area contributed by atoms with Gasteiger partial charge in [0.1, 0.15) is 5.54 Å². The van der Waals surface area contributed by atoms with E-state index < -0.39 is 5.54 Å². The molecule has 2 aliphatic carbocycles. The summed E-state index contributed by atoms with van der Waals surface area (Å²) in [5.74, 6) is 0.212. The topological polar surface area (TPSA) is 49.4 Å². The minimum absolute atomic E-state index is 0.0408. The average Bonchev–Trinajstić information content (AvgIpc) is 2.68. The van der Waals surface area contributed by atoms with Crippen molar-refractivity contribution in [1.29, 1.82) is 0 Å². The van der Waals surface area contributed by atoms with Crippen molar-refractivity contribution < 1.29 is 9.59 Å². The first kappa shape index (κ1) is 13.9. The second-order valence-electron chi connectivity index (χ2n) is 7.93. The largest absolute Gasteiger partial charge is 0.342 e. The maximum absolute atomic E-state index is 13.1. The Hall–Kier alpha value is -1.06. The third kappa shape index (κ3) is 1.66. The van der Waals surface area contributed by atoms with Gasteiger partial charge in [-0.1, -0.05) is 40.5 Å². The van der Waals surface area contributed by atoms with Crippen molar-refractivity contribution in [1.82, 2.24) is 10.2 Å². The zero-order valence-corrected chi connectivity index (χ0v) is 13.1. The molecule has 4 nitrogen and oxygen atoms in total. The molecule has 4 heteroatoms. The van der Waals surface area contributed by atoms with Gasteiger partial charge >= 0.3 is 0 Å². The quantitative estimate of drug-likeness (QED) is 0.798. The Labute approximate surface area is 121 Å². The normalized spacial score (nSPS) is 31.3. The Morgan fingerprint density at radius 3 is 2.10 bits per heavy atom. The first-order valence-corrected chi connectivity index (χ1v) is 7.84. The first-order valence-electron chi connectivity index (χ1n) is 7.84. The summed E-state index contributed by atoms with van der Waals surface area (Å²) in [6.07, 6.45) is 4.13. The van der Waals surface area contributed by atoms with Crippen LogP contribution in [0.15, 0.2) is 0 Å². The summed E-state index contributed by atoms with van der Waals surface area (Å²) < 4.78 is 0. The fraction of sp³-hybridized carbons (Fsp3) is 0.875. The molecule has 0 aromatic carbocycles. The molecule has 0 radical (unpaired) electrons. The van der Waals surface area contributed by atoms with Crippen LogP contribution >= 0.6 is 0 Å². The van der Waals surface area contributed by atoms with Gasteiger partial charge in [-0.05, 0) is 23.7 Å². The third-order valence-corrected chi connectivity index (χ3v) is 6.34. The summed E-state index contributed by atoms with van der Waals surface area (Å²) in [5.41, 5.74) is -0.325. The Balaban J connectivity index is 1.92. The maximum atomic E-state index is 13.1. The van der Waals surface area contributed by atoms with Crippen LogP contribution in [0.1, 0.15) is 59.8 Å². The lowest BCUT2D eigenvalue weighted by atomic mass is 9.95. The van der Waals surface area contributed by atoms with Gasteiger partial charge < -0.3 is 10.2 Å². The minimum atomic E-state index is -0.595.